The molecular weight excluding hydrogens is 307 g/mol. The molecule has 6 heteroatoms. The Kier molecular flexibility index (Phi) is 4.20. The zero-order chi connectivity index (χ0) is 14.0. The van der Waals surface area contributed by atoms with Crippen LogP contribution < -0.4 is 11.1 Å². The fourth-order valence-corrected chi connectivity index (χ4v) is 2.12. The number of halogens is 3. The van der Waals surface area contributed by atoms with E-state index in [0.717, 1.165) is 0 Å². The summed E-state index contributed by atoms with van der Waals surface area (Å²) < 4.78 is 0. The zero-order valence-electron chi connectivity index (χ0n) is 9.58. The third-order valence-corrected chi connectivity index (χ3v) is 3.57. The molecule has 98 valence electrons. The number of carbonyl (C=O) groups excluding carboxylic acids is 1. The van der Waals surface area contributed by atoms with Crippen molar-refractivity contribution in [3.05, 3.63) is 57.0 Å². The summed E-state index contributed by atoms with van der Waals surface area (Å²) in [4.78, 5) is 12.1. The third kappa shape index (κ3) is 3.13. The molecule has 0 fully saturated rings. The number of nitrogens with two attached hydrogens (primary N) is 1. The van der Waals surface area contributed by atoms with Crippen molar-refractivity contribution in [3.8, 4) is 0 Å². The Morgan fingerprint density at radius 1 is 1.05 bits per heavy atom. The van der Waals surface area contributed by atoms with Crippen LogP contribution in [0.1, 0.15) is 10.4 Å². The summed E-state index contributed by atoms with van der Waals surface area (Å²) in [5.74, 6) is -0.390. The van der Waals surface area contributed by atoms with Crippen LogP contribution in [-0.4, -0.2) is 5.91 Å². The van der Waals surface area contributed by atoms with Gasteiger partial charge in [0.25, 0.3) is 5.91 Å². The lowest BCUT2D eigenvalue weighted by Crippen LogP contribution is -2.13. The van der Waals surface area contributed by atoms with E-state index in [9.17, 15) is 4.79 Å². The van der Waals surface area contributed by atoms with Gasteiger partial charge >= 0.3 is 0 Å². The van der Waals surface area contributed by atoms with Crippen LogP contribution in [0.25, 0.3) is 0 Å². The van der Waals surface area contributed by atoms with Crippen LogP contribution in [0.3, 0.4) is 0 Å². The van der Waals surface area contributed by atoms with E-state index in [4.69, 9.17) is 40.5 Å². The first-order valence-corrected chi connectivity index (χ1v) is 6.43. The molecule has 0 aliphatic carbocycles. The molecule has 0 spiro atoms. The second-order valence-corrected chi connectivity index (χ2v) is 4.99. The predicted octanol–water partition coefficient (Wildman–Crippen LogP) is 4.48. The number of hydrogen-bond donors (Lipinski definition) is 2. The molecule has 0 aliphatic heterocycles. The van der Waals surface area contributed by atoms with Crippen molar-refractivity contribution in [2.24, 2.45) is 0 Å². The first-order chi connectivity index (χ1) is 8.99. The van der Waals surface area contributed by atoms with Gasteiger partial charge in [-0.1, -0.05) is 40.9 Å². The smallest absolute Gasteiger partial charge is 0.257 e. The molecule has 2 aromatic rings. The summed E-state index contributed by atoms with van der Waals surface area (Å²) in [5, 5.41) is 3.52. The Morgan fingerprint density at radius 3 is 2.47 bits per heavy atom. The van der Waals surface area contributed by atoms with Crippen LogP contribution in [0.4, 0.5) is 11.4 Å². The van der Waals surface area contributed by atoms with Gasteiger partial charge in [-0.25, -0.2) is 0 Å². The van der Waals surface area contributed by atoms with Gasteiger partial charge in [0.05, 0.1) is 26.3 Å². The van der Waals surface area contributed by atoms with Crippen LogP contribution in [0.2, 0.25) is 15.1 Å². The predicted molar refractivity (Wildman–Crippen MR) is 80.3 cm³/mol. The van der Waals surface area contributed by atoms with Crippen molar-refractivity contribution in [3.63, 3.8) is 0 Å². The fraction of sp³-hybridized carbons (Fsp3) is 0. The molecule has 2 rings (SSSR count). The highest BCUT2D eigenvalue weighted by Gasteiger charge is 2.13. The minimum Gasteiger partial charge on any atom is -0.399 e. The molecule has 0 atom stereocenters. The second-order valence-electron chi connectivity index (χ2n) is 3.79. The normalized spacial score (nSPS) is 10.3. The van der Waals surface area contributed by atoms with E-state index >= 15 is 0 Å². The topological polar surface area (TPSA) is 55.1 Å². The molecule has 2 aromatic carbocycles. The summed E-state index contributed by atoms with van der Waals surface area (Å²) in [6.45, 7) is 0. The summed E-state index contributed by atoms with van der Waals surface area (Å²) in [7, 11) is 0. The number of anilines is 2. The Morgan fingerprint density at radius 2 is 1.79 bits per heavy atom. The van der Waals surface area contributed by atoms with Gasteiger partial charge in [-0.15, -0.1) is 0 Å². The van der Waals surface area contributed by atoms with Crippen molar-refractivity contribution in [1.82, 2.24) is 0 Å². The van der Waals surface area contributed by atoms with Gasteiger partial charge in [0.1, 0.15) is 0 Å². The summed E-state index contributed by atoms with van der Waals surface area (Å²) in [5.41, 5.74) is 6.83. The fourth-order valence-electron chi connectivity index (χ4n) is 1.50. The van der Waals surface area contributed by atoms with Gasteiger partial charge < -0.3 is 11.1 Å². The van der Waals surface area contributed by atoms with Crippen molar-refractivity contribution < 1.29 is 4.79 Å². The average Bonchev–Trinajstić information content (AvgIpc) is 2.36. The second kappa shape index (κ2) is 5.70. The summed E-state index contributed by atoms with van der Waals surface area (Å²) >= 11 is 17.8. The molecule has 19 heavy (non-hydrogen) atoms. The van der Waals surface area contributed by atoms with E-state index in [1.165, 1.54) is 0 Å². The number of nitrogens with one attached hydrogen (secondary N) is 1. The highest BCUT2D eigenvalue weighted by atomic mass is 35.5. The maximum absolute atomic E-state index is 12.1. The molecule has 3 nitrogen and oxygen atoms in total. The Hall–Kier alpha value is -1.42. The van der Waals surface area contributed by atoms with Gasteiger partial charge in [0, 0.05) is 5.69 Å². The molecule has 0 saturated carbocycles. The standard InChI is InChI=1S/C13H9Cl3N2O/c14-9-3-1-2-8(12(9)16)13(19)18-11-5-4-7(17)6-10(11)15/h1-6H,17H2,(H,18,19). The van der Waals surface area contributed by atoms with E-state index in [1.807, 2.05) is 0 Å². The summed E-state index contributed by atoms with van der Waals surface area (Å²) in [6.07, 6.45) is 0. The molecule has 0 unspecified atom stereocenters. The molecule has 3 N–H and O–H groups in total. The number of benzene rings is 2. The van der Waals surface area contributed by atoms with Crippen molar-refractivity contribution in [2.45, 2.75) is 0 Å². The highest BCUT2D eigenvalue weighted by Crippen LogP contribution is 2.28. The van der Waals surface area contributed by atoms with Crippen molar-refractivity contribution >= 4 is 52.1 Å². The molecule has 0 bridgehead atoms. The lowest BCUT2D eigenvalue weighted by atomic mass is 10.2. The molecule has 0 aliphatic rings. The Balaban J connectivity index is 2.28. The van der Waals surface area contributed by atoms with Gasteiger partial charge in [-0.2, -0.15) is 0 Å². The van der Waals surface area contributed by atoms with Crippen LogP contribution >= 0.6 is 34.8 Å². The largest absolute Gasteiger partial charge is 0.399 e. The molecule has 0 aromatic heterocycles. The SMILES string of the molecule is Nc1ccc(NC(=O)c2cccc(Cl)c2Cl)c(Cl)c1. The van der Waals surface area contributed by atoms with E-state index in [2.05, 4.69) is 5.32 Å². The van der Waals surface area contributed by atoms with Gasteiger partial charge in [-0.05, 0) is 30.3 Å². The highest BCUT2D eigenvalue weighted by molar-refractivity contribution is 6.44. The van der Waals surface area contributed by atoms with Crippen LogP contribution in [0, 0.1) is 0 Å². The Labute approximate surface area is 125 Å². The van der Waals surface area contributed by atoms with E-state index in [-0.39, 0.29) is 16.5 Å². The van der Waals surface area contributed by atoms with E-state index in [1.54, 1.807) is 36.4 Å². The minimum absolute atomic E-state index is 0.202. The minimum atomic E-state index is -0.390. The number of nitrogen functional groups attached to an aromatic ring is 1. The first-order valence-electron chi connectivity index (χ1n) is 5.29. The molecular formula is C13H9Cl3N2O. The van der Waals surface area contributed by atoms with Crippen LogP contribution in [-0.2, 0) is 0 Å². The van der Waals surface area contributed by atoms with Crippen molar-refractivity contribution in [2.75, 3.05) is 11.1 Å². The quantitative estimate of drug-likeness (QED) is 0.803. The maximum Gasteiger partial charge on any atom is 0.257 e. The van der Waals surface area contributed by atoms with Gasteiger partial charge in [0.2, 0.25) is 0 Å². The number of carbonyl (C=O) groups is 1. The zero-order valence-corrected chi connectivity index (χ0v) is 11.9. The van der Waals surface area contributed by atoms with Gasteiger partial charge in [-0.3, -0.25) is 4.79 Å². The monoisotopic (exact) mass is 314 g/mol. The molecule has 0 saturated heterocycles. The van der Waals surface area contributed by atoms with Crippen LogP contribution in [0.5, 0.6) is 0 Å². The number of hydrogen-bond acceptors (Lipinski definition) is 2. The van der Waals surface area contributed by atoms with Gasteiger partial charge in [0.15, 0.2) is 0 Å². The maximum atomic E-state index is 12.1. The lowest BCUT2D eigenvalue weighted by molar-refractivity contribution is 0.102. The Bertz CT molecular complexity index is 644. The first kappa shape index (κ1) is 14.0. The molecule has 1 amide bonds. The molecule has 0 heterocycles. The molecule has 0 radical (unpaired) electrons. The number of rotatable bonds is 2. The lowest BCUT2D eigenvalue weighted by Gasteiger charge is -2.09. The van der Waals surface area contributed by atoms with E-state index in [0.29, 0.717) is 21.4 Å². The third-order valence-electron chi connectivity index (χ3n) is 2.44. The van der Waals surface area contributed by atoms with E-state index < -0.39 is 0 Å². The average molecular weight is 316 g/mol. The summed E-state index contributed by atoms with van der Waals surface area (Å²) in [6, 6.07) is 9.64. The van der Waals surface area contributed by atoms with Crippen molar-refractivity contribution in [1.29, 1.82) is 0 Å². The van der Waals surface area contributed by atoms with Crippen LogP contribution in [0.15, 0.2) is 36.4 Å². The number of amides is 1.